The van der Waals surface area contributed by atoms with Crippen LogP contribution in [0.4, 0.5) is 5.13 Å². The van der Waals surface area contributed by atoms with Crippen molar-refractivity contribution in [3.63, 3.8) is 0 Å². The molecule has 0 amide bonds. The van der Waals surface area contributed by atoms with Crippen LogP contribution in [0.15, 0.2) is 16.5 Å². The molecular formula is C13H20N4O2S2. The van der Waals surface area contributed by atoms with Crippen molar-refractivity contribution in [1.29, 1.82) is 0 Å². The number of thiazole rings is 1. The third-order valence-corrected chi connectivity index (χ3v) is 6.12. The first kappa shape index (κ1) is 16.0. The van der Waals surface area contributed by atoms with E-state index in [2.05, 4.69) is 23.9 Å². The Kier molecular flexibility index (Phi) is 4.38. The first-order valence-electron chi connectivity index (χ1n) is 6.67. The molecule has 0 aliphatic heterocycles. The van der Waals surface area contributed by atoms with E-state index in [-0.39, 0.29) is 4.90 Å². The first-order valence-corrected chi connectivity index (χ1v) is 8.99. The lowest BCUT2D eigenvalue weighted by Gasteiger charge is -2.16. The second kappa shape index (κ2) is 5.76. The number of anilines is 1. The fourth-order valence-electron chi connectivity index (χ4n) is 2.19. The molecule has 2 heterocycles. The van der Waals surface area contributed by atoms with Crippen LogP contribution in [0.25, 0.3) is 0 Å². The molecule has 6 nitrogen and oxygen atoms in total. The Morgan fingerprint density at radius 2 is 2.05 bits per heavy atom. The SMILES string of the molecule is Cc1nn(CC(C)C)c(C)c1S(=O)(=O)N(C)c1nccs1. The minimum absolute atomic E-state index is 0.279. The second-order valence-corrected chi connectivity index (χ2v) is 8.14. The van der Waals surface area contributed by atoms with Crippen LogP contribution < -0.4 is 4.31 Å². The Labute approximate surface area is 129 Å². The van der Waals surface area contributed by atoms with E-state index in [1.165, 1.54) is 22.7 Å². The van der Waals surface area contributed by atoms with Crippen LogP contribution >= 0.6 is 11.3 Å². The first-order chi connectivity index (χ1) is 9.75. The van der Waals surface area contributed by atoms with E-state index >= 15 is 0 Å². The van der Waals surface area contributed by atoms with Crippen LogP contribution in [-0.4, -0.2) is 30.2 Å². The largest absolute Gasteiger partial charge is 0.269 e. The number of rotatable bonds is 5. The maximum Gasteiger partial charge on any atom is 0.269 e. The molecule has 2 aromatic rings. The highest BCUT2D eigenvalue weighted by molar-refractivity contribution is 7.93. The van der Waals surface area contributed by atoms with Crippen LogP contribution in [0.1, 0.15) is 25.2 Å². The van der Waals surface area contributed by atoms with Crippen LogP contribution in [0.3, 0.4) is 0 Å². The summed E-state index contributed by atoms with van der Waals surface area (Å²) in [5, 5.41) is 6.58. The number of nitrogens with zero attached hydrogens (tertiary/aromatic N) is 4. The van der Waals surface area contributed by atoms with Crippen LogP contribution in [0.2, 0.25) is 0 Å². The number of hydrogen-bond donors (Lipinski definition) is 0. The Morgan fingerprint density at radius 3 is 2.57 bits per heavy atom. The molecule has 0 saturated heterocycles. The lowest BCUT2D eigenvalue weighted by atomic mass is 10.2. The van der Waals surface area contributed by atoms with Crippen molar-refractivity contribution in [3.8, 4) is 0 Å². The summed E-state index contributed by atoms with van der Waals surface area (Å²) in [6, 6.07) is 0. The molecular weight excluding hydrogens is 308 g/mol. The number of aryl methyl sites for hydroxylation is 1. The second-order valence-electron chi connectivity index (χ2n) is 5.36. The highest BCUT2D eigenvalue weighted by Crippen LogP contribution is 2.28. The zero-order valence-corrected chi connectivity index (χ0v) is 14.5. The highest BCUT2D eigenvalue weighted by Gasteiger charge is 2.30. The monoisotopic (exact) mass is 328 g/mol. The Balaban J connectivity index is 2.48. The normalized spacial score (nSPS) is 12.1. The van der Waals surface area contributed by atoms with Crippen molar-refractivity contribution in [1.82, 2.24) is 14.8 Å². The standard InChI is InChI=1S/C13H20N4O2S2/c1-9(2)8-17-11(4)12(10(3)15-17)21(18,19)16(5)13-14-6-7-20-13/h6-7,9H,8H2,1-5H3. The quantitative estimate of drug-likeness (QED) is 0.845. The molecule has 116 valence electrons. The van der Waals surface area contributed by atoms with E-state index in [4.69, 9.17) is 0 Å². The van der Waals surface area contributed by atoms with E-state index in [9.17, 15) is 8.42 Å². The van der Waals surface area contributed by atoms with Gasteiger partial charge in [0.05, 0.1) is 11.4 Å². The summed E-state index contributed by atoms with van der Waals surface area (Å²) in [5.41, 5.74) is 1.20. The molecule has 0 aromatic carbocycles. The Bertz CT molecular complexity index is 718. The topological polar surface area (TPSA) is 68.1 Å². The number of hydrogen-bond acceptors (Lipinski definition) is 5. The molecule has 0 N–H and O–H groups in total. The van der Waals surface area contributed by atoms with Gasteiger partial charge in [0.2, 0.25) is 0 Å². The molecule has 0 spiro atoms. The zero-order valence-electron chi connectivity index (χ0n) is 12.9. The molecule has 0 unspecified atom stereocenters. The predicted molar refractivity (Wildman–Crippen MR) is 84.2 cm³/mol. The molecule has 0 bridgehead atoms. The molecule has 0 saturated carbocycles. The Morgan fingerprint density at radius 1 is 1.38 bits per heavy atom. The van der Waals surface area contributed by atoms with Gasteiger partial charge in [-0.1, -0.05) is 13.8 Å². The molecule has 0 aliphatic carbocycles. The summed E-state index contributed by atoms with van der Waals surface area (Å²) < 4.78 is 28.6. The molecule has 0 fully saturated rings. The summed E-state index contributed by atoms with van der Waals surface area (Å²) in [6.45, 7) is 8.37. The zero-order chi connectivity index (χ0) is 15.8. The van der Waals surface area contributed by atoms with Crippen LogP contribution in [0, 0.1) is 19.8 Å². The van der Waals surface area contributed by atoms with Crippen molar-refractivity contribution in [2.24, 2.45) is 5.92 Å². The van der Waals surface area contributed by atoms with Crippen LogP contribution in [-0.2, 0) is 16.6 Å². The average Bonchev–Trinajstić information content (AvgIpc) is 2.97. The van der Waals surface area contributed by atoms with Gasteiger partial charge in [0.25, 0.3) is 10.0 Å². The molecule has 2 rings (SSSR count). The van der Waals surface area contributed by atoms with Gasteiger partial charge in [-0.15, -0.1) is 11.3 Å². The molecule has 21 heavy (non-hydrogen) atoms. The van der Waals surface area contributed by atoms with Gasteiger partial charge in [-0.3, -0.25) is 4.68 Å². The minimum atomic E-state index is -3.64. The summed E-state index contributed by atoms with van der Waals surface area (Å²) in [4.78, 5) is 4.34. The van der Waals surface area contributed by atoms with Crippen molar-refractivity contribution in [2.45, 2.75) is 39.1 Å². The maximum atomic E-state index is 12.8. The van der Waals surface area contributed by atoms with Crippen molar-refractivity contribution < 1.29 is 8.42 Å². The van der Waals surface area contributed by atoms with Gasteiger partial charge in [0.15, 0.2) is 5.13 Å². The molecule has 2 aromatic heterocycles. The van der Waals surface area contributed by atoms with Crippen molar-refractivity contribution >= 4 is 26.5 Å². The average molecular weight is 328 g/mol. The Hall–Kier alpha value is -1.41. The van der Waals surface area contributed by atoms with E-state index in [0.29, 0.717) is 29.0 Å². The molecule has 0 atom stereocenters. The summed E-state index contributed by atoms with van der Waals surface area (Å²) in [5.74, 6) is 0.398. The third-order valence-electron chi connectivity index (χ3n) is 3.16. The molecule has 8 heteroatoms. The van der Waals surface area contributed by atoms with E-state index < -0.39 is 10.0 Å². The van der Waals surface area contributed by atoms with E-state index in [0.717, 1.165) is 0 Å². The van der Waals surface area contributed by atoms with Crippen molar-refractivity contribution in [3.05, 3.63) is 23.0 Å². The van der Waals surface area contributed by atoms with Gasteiger partial charge in [-0.25, -0.2) is 17.7 Å². The molecule has 0 radical (unpaired) electrons. The highest BCUT2D eigenvalue weighted by atomic mass is 32.2. The summed E-state index contributed by atoms with van der Waals surface area (Å²) in [6.07, 6.45) is 1.59. The van der Waals surface area contributed by atoms with Gasteiger partial charge in [0, 0.05) is 25.2 Å². The number of sulfonamides is 1. The predicted octanol–water partition coefficient (Wildman–Crippen LogP) is 2.44. The smallest absolute Gasteiger partial charge is 0.268 e. The number of aromatic nitrogens is 3. The van der Waals surface area contributed by atoms with Crippen molar-refractivity contribution in [2.75, 3.05) is 11.4 Å². The van der Waals surface area contributed by atoms with Gasteiger partial charge in [0.1, 0.15) is 4.90 Å². The van der Waals surface area contributed by atoms with E-state index in [1.54, 1.807) is 30.1 Å². The van der Waals surface area contributed by atoms with Gasteiger partial charge >= 0.3 is 0 Å². The maximum absolute atomic E-state index is 12.8. The lowest BCUT2D eigenvalue weighted by Crippen LogP contribution is -2.27. The summed E-state index contributed by atoms with van der Waals surface area (Å²) >= 11 is 1.29. The summed E-state index contributed by atoms with van der Waals surface area (Å²) in [7, 11) is -2.12. The van der Waals surface area contributed by atoms with E-state index in [1.807, 2.05) is 0 Å². The fraction of sp³-hybridized carbons (Fsp3) is 0.538. The minimum Gasteiger partial charge on any atom is -0.268 e. The van der Waals surface area contributed by atoms with Gasteiger partial charge in [-0.05, 0) is 19.8 Å². The lowest BCUT2D eigenvalue weighted by molar-refractivity contribution is 0.472. The van der Waals surface area contributed by atoms with Gasteiger partial charge in [-0.2, -0.15) is 5.10 Å². The fourth-order valence-corrected chi connectivity index (χ4v) is 4.55. The van der Waals surface area contributed by atoms with Gasteiger partial charge < -0.3 is 0 Å². The van der Waals surface area contributed by atoms with Crippen LogP contribution in [0.5, 0.6) is 0 Å². The third kappa shape index (κ3) is 2.96. The molecule has 0 aliphatic rings.